The minimum absolute atomic E-state index is 0.0863. The zero-order chi connectivity index (χ0) is 15.0. The number of amides is 1. The summed E-state index contributed by atoms with van der Waals surface area (Å²) in [6.07, 6.45) is 2.17. The zero-order valence-corrected chi connectivity index (χ0v) is 15.2. The quantitative estimate of drug-likeness (QED) is 0.718. The molecule has 1 aliphatic rings. The molecule has 0 bridgehead atoms. The maximum atomic E-state index is 12.8. The number of benzene rings is 1. The summed E-state index contributed by atoms with van der Waals surface area (Å²) in [7, 11) is 0. The lowest BCUT2D eigenvalue weighted by Crippen LogP contribution is -2.32. The van der Waals surface area contributed by atoms with E-state index in [2.05, 4.69) is 31.9 Å². The van der Waals surface area contributed by atoms with Gasteiger partial charge >= 0.3 is 0 Å². The van der Waals surface area contributed by atoms with Gasteiger partial charge in [0.2, 0.25) is 0 Å². The maximum Gasteiger partial charge on any atom is 0.256 e. The Kier molecular flexibility index (Phi) is 4.38. The van der Waals surface area contributed by atoms with Gasteiger partial charge in [-0.25, -0.2) is 0 Å². The highest BCUT2D eigenvalue weighted by molar-refractivity contribution is 9.12. The van der Waals surface area contributed by atoms with Gasteiger partial charge in [0.25, 0.3) is 5.91 Å². The Hall–Kier alpha value is -0.850. The van der Waals surface area contributed by atoms with Crippen LogP contribution in [0.2, 0.25) is 0 Å². The molecule has 0 saturated heterocycles. The number of hydrogen-bond acceptors (Lipinski definition) is 3. The number of anilines is 1. The lowest BCUT2D eigenvalue weighted by molar-refractivity contribution is 0.0729. The van der Waals surface area contributed by atoms with E-state index in [-0.39, 0.29) is 5.91 Å². The third kappa shape index (κ3) is 3.49. The van der Waals surface area contributed by atoms with Crippen LogP contribution < -0.4 is 5.73 Å². The number of nitrogens with two attached hydrogens (primary N) is 1. The molecule has 1 heterocycles. The summed E-state index contributed by atoms with van der Waals surface area (Å²) in [5.74, 6) is 0.0863. The number of rotatable bonds is 4. The number of thiophene rings is 1. The largest absolute Gasteiger partial charge is 0.399 e. The summed E-state index contributed by atoms with van der Waals surface area (Å²) in [5.41, 5.74) is 8.29. The molecule has 3 nitrogen and oxygen atoms in total. The normalized spacial score (nSPS) is 14.2. The van der Waals surface area contributed by atoms with Crippen LogP contribution in [0, 0.1) is 0 Å². The van der Waals surface area contributed by atoms with Gasteiger partial charge in [-0.1, -0.05) is 12.1 Å². The van der Waals surface area contributed by atoms with Crippen molar-refractivity contribution in [2.24, 2.45) is 0 Å². The fourth-order valence-electron chi connectivity index (χ4n) is 2.21. The molecule has 1 aromatic heterocycles. The number of nitrogen functional groups attached to an aromatic ring is 1. The number of carbonyl (C=O) groups excluding carboxylic acids is 1. The second-order valence-electron chi connectivity index (χ2n) is 5.14. The molecular formula is C15H14Br2N2OS. The lowest BCUT2D eigenvalue weighted by atomic mass is 10.1. The first kappa shape index (κ1) is 15.1. The maximum absolute atomic E-state index is 12.8. The van der Waals surface area contributed by atoms with Crippen LogP contribution >= 0.6 is 43.2 Å². The standard InChI is InChI=1S/C15H14Br2N2OS/c16-13-7-12(14(17)21-13)15(20)19(11-5-6-11)8-9-1-3-10(18)4-2-9/h1-4,7,11H,5-6,8,18H2. The Balaban J connectivity index is 1.83. The van der Waals surface area contributed by atoms with Gasteiger partial charge in [0.05, 0.1) is 13.1 Å². The van der Waals surface area contributed by atoms with Gasteiger partial charge in [-0.2, -0.15) is 0 Å². The number of nitrogens with zero attached hydrogens (tertiary/aromatic N) is 1. The molecule has 3 rings (SSSR count). The van der Waals surface area contributed by atoms with Crippen LogP contribution in [0.4, 0.5) is 5.69 Å². The number of carbonyl (C=O) groups is 1. The molecule has 1 amide bonds. The van der Waals surface area contributed by atoms with E-state index >= 15 is 0 Å². The Morgan fingerprint density at radius 1 is 1.29 bits per heavy atom. The minimum atomic E-state index is 0.0863. The fourth-order valence-corrected chi connectivity index (χ4v) is 4.99. The van der Waals surface area contributed by atoms with E-state index in [1.54, 1.807) is 0 Å². The highest BCUT2D eigenvalue weighted by Crippen LogP contribution is 2.36. The van der Waals surface area contributed by atoms with Crippen molar-refractivity contribution in [1.82, 2.24) is 4.90 Å². The molecular weight excluding hydrogens is 416 g/mol. The summed E-state index contributed by atoms with van der Waals surface area (Å²) in [6.45, 7) is 0.629. The molecule has 1 fully saturated rings. The summed E-state index contributed by atoms with van der Waals surface area (Å²) in [5, 5.41) is 0. The first-order valence-electron chi connectivity index (χ1n) is 6.65. The fraction of sp³-hybridized carbons (Fsp3) is 0.267. The van der Waals surface area contributed by atoms with Gasteiger partial charge in [-0.3, -0.25) is 4.79 Å². The van der Waals surface area contributed by atoms with Gasteiger partial charge in [0.1, 0.15) is 0 Å². The Morgan fingerprint density at radius 3 is 2.48 bits per heavy atom. The molecule has 0 radical (unpaired) electrons. The molecule has 1 aromatic carbocycles. The highest BCUT2D eigenvalue weighted by Gasteiger charge is 2.34. The predicted octanol–water partition coefficient (Wildman–Crippen LogP) is 4.66. The van der Waals surface area contributed by atoms with E-state index in [9.17, 15) is 4.79 Å². The highest BCUT2D eigenvalue weighted by atomic mass is 79.9. The summed E-state index contributed by atoms with van der Waals surface area (Å²) >= 11 is 8.43. The van der Waals surface area contributed by atoms with E-state index in [1.807, 2.05) is 35.2 Å². The molecule has 0 spiro atoms. The average molecular weight is 430 g/mol. The zero-order valence-electron chi connectivity index (χ0n) is 11.2. The molecule has 110 valence electrons. The van der Waals surface area contributed by atoms with Crippen LogP contribution in [0.5, 0.6) is 0 Å². The van der Waals surface area contributed by atoms with Crippen LogP contribution in [0.15, 0.2) is 37.9 Å². The first-order valence-corrected chi connectivity index (χ1v) is 9.05. The van der Waals surface area contributed by atoms with Crippen LogP contribution in [0.3, 0.4) is 0 Å². The minimum Gasteiger partial charge on any atom is -0.399 e. The van der Waals surface area contributed by atoms with Crippen molar-refractivity contribution in [2.45, 2.75) is 25.4 Å². The van der Waals surface area contributed by atoms with E-state index in [4.69, 9.17) is 5.73 Å². The van der Waals surface area contributed by atoms with Crippen molar-refractivity contribution in [2.75, 3.05) is 5.73 Å². The predicted molar refractivity (Wildman–Crippen MR) is 93.5 cm³/mol. The van der Waals surface area contributed by atoms with Crippen LogP contribution in [-0.2, 0) is 6.54 Å². The van der Waals surface area contributed by atoms with Crippen molar-refractivity contribution in [3.63, 3.8) is 0 Å². The van der Waals surface area contributed by atoms with Crippen LogP contribution in [-0.4, -0.2) is 16.8 Å². The Bertz CT molecular complexity index is 665. The first-order chi connectivity index (χ1) is 10.0. The lowest BCUT2D eigenvalue weighted by Gasteiger charge is -2.22. The molecule has 0 aliphatic heterocycles. The SMILES string of the molecule is Nc1ccc(CN(C(=O)c2cc(Br)sc2Br)C2CC2)cc1. The van der Waals surface area contributed by atoms with Gasteiger partial charge in [0.15, 0.2) is 0 Å². The molecule has 1 saturated carbocycles. The van der Waals surface area contributed by atoms with Crippen LogP contribution in [0.1, 0.15) is 28.8 Å². The topological polar surface area (TPSA) is 46.3 Å². The van der Waals surface area contributed by atoms with Crippen molar-refractivity contribution in [1.29, 1.82) is 0 Å². The van der Waals surface area contributed by atoms with Crippen molar-refractivity contribution >= 4 is 54.8 Å². The number of halogens is 2. The van der Waals surface area contributed by atoms with Gasteiger partial charge in [-0.15, -0.1) is 11.3 Å². The number of hydrogen-bond donors (Lipinski definition) is 1. The molecule has 0 atom stereocenters. The van der Waals surface area contributed by atoms with E-state index in [1.165, 1.54) is 11.3 Å². The smallest absolute Gasteiger partial charge is 0.256 e. The van der Waals surface area contributed by atoms with Crippen molar-refractivity contribution < 1.29 is 4.79 Å². The second-order valence-corrected chi connectivity index (χ2v) is 8.89. The van der Waals surface area contributed by atoms with E-state index < -0.39 is 0 Å². The van der Waals surface area contributed by atoms with Gasteiger partial charge < -0.3 is 10.6 Å². The van der Waals surface area contributed by atoms with Gasteiger partial charge in [0, 0.05) is 18.3 Å². The third-order valence-electron chi connectivity index (χ3n) is 3.47. The Morgan fingerprint density at radius 2 is 1.95 bits per heavy atom. The van der Waals surface area contributed by atoms with Crippen molar-refractivity contribution in [3.05, 3.63) is 49.0 Å². The molecule has 2 aromatic rings. The average Bonchev–Trinajstić information content (AvgIpc) is 3.22. The van der Waals surface area contributed by atoms with E-state index in [0.29, 0.717) is 12.6 Å². The Labute approximate surface area is 144 Å². The molecule has 0 unspecified atom stereocenters. The molecule has 6 heteroatoms. The van der Waals surface area contributed by atoms with E-state index in [0.717, 1.165) is 37.2 Å². The summed E-state index contributed by atoms with van der Waals surface area (Å²) < 4.78 is 1.84. The summed E-state index contributed by atoms with van der Waals surface area (Å²) in [6, 6.07) is 9.97. The van der Waals surface area contributed by atoms with Crippen molar-refractivity contribution in [3.8, 4) is 0 Å². The van der Waals surface area contributed by atoms with Gasteiger partial charge in [-0.05, 0) is 68.5 Å². The summed E-state index contributed by atoms with van der Waals surface area (Å²) in [4.78, 5) is 14.8. The monoisotopic (exact) mass is 428 g/mol. The molecule has 1 aliphatic carbocycles. The molecule has 21 heavy (non-hydrogen) atoms. The second kappa shape index (κ2) is 6.10. The third-order valence-corrected chi connectivity index (χ3v) is 5.81. The van der Waals surface area contributed by atoms with Crippen LogP contribution in [0.25, 0.3) is 0 Å². The molecule has 2 N–H and O–H groups in total.